The van der Waals surface area contributed by atoms with Crippen LogP contribution in [0.4, 0.5) is 5.69 Å². The molecule has 2 atom stereocenters. The summed E-state index contributed by atoms with van der Waals surface area (Å²) < 4.78 is 1.18. The summed E-state index contributed by atoms with van der Waals surface area (Å²) in [6.07, 6.45) is 2.37. The number of nitrogens with one attached hydrogen (secondary N) is 1. The van der Waals surface area contributed by atoms with Crippen LogP contribution in [0, 0.1) is 5.92 Å². The third-order valence-electron chi connectivity index (χ3n) is 4.03. The lowest BCUT2D eigenvalue weighted by Crippen LogP contribution is -2.30. The zero-order valence-corrected chi connectivity index (χ0v) is 16.0. The molecule has 120 valence electrons. The highest BCUT2D eigenvalue weighted by Gasteiger charge is 2.15. The Balaban J connectivity index is 2.82. The minimum atomic E-state index is 0.397. The second kappa shape index (κ2) is 8.79. The zero-order valence-electron chi connectivity index (χ0n) is 14.4. The Hall–Kier alpha value is -0.540. The van der Waals surface area contributed by atoms with E-state index in [1.54, 1.807) is 0 Å². The van der Waals surface area contributed by atoms with Crippen LogP contribution in [-0.2, 0) is 0 Å². The van der Waals surface area contributed by atoms with E-state index in [1.165, 1.54) is 28.6 Å². The lowest BCUT2D eigenvalue weighted by Gasteiger charge is -2.29. The SMILES string of the molecule is CCCNC(C)c1ccc(N(C)C(C)CC(C)C)c(Br)c1. The van der Waals surface area contributed by atoms with E-state index in [2.05, 4.69) is 86.0 Å². The molecule has 1 N–H and O–H groups in total. The number of halogens is 1. The molecule has 3 heteroatoms. The molecule has 0 aliphatic heterocycles. The summed E-state index contributed by atoms with van der Waals surface area (Å²) in [5.41, 5.74) is 2.61. The predicted molar refractivity (Wildman–Crippen MR) is 98.2 cm³/mol. The highest BCUT2D eigenvalue weighted by atomic mass is 79.9. The average Bonchev–Trinajstić information content (AvgIpc) is 2.43. The van der Waals surface area contributed by atoms with Gasteiger partial charge in [0.25, 0.3) is 0 Å². The highest BCUT2D eigenvalue weighted by molar-refractivity contribution is 9.10. The molecule has 2 unspecified atom stereocenters. The molecule has 0 fully saturated rings. The van der Waals surface area contributed by atoms with Gasteiger partial charge in [-0.2, -0.15) is 0 Å². The molecule has 1 aromatic carbocycles. The van der Waals surface area contributed by atoms with Crippen LogP contribution in [0.3, 0.4) is 0 Å². The van der Waals surface area contributed by atoms with Crippen LogP contribution in [-0.4, -0.2) is 19.6 Å². The smallest absolute Gasteiger partial charge is 0.0510 e. The molecule has 0 saturated carbocycles. The van der Waals surface area contributed by atoms with Crippen LogP contribution in [0.15, 0.2) is 22.7 Å². The van der Waals surface area contributed by atoms with Gasteiger partial charge in [0.2, 0.25) is 0 Å². The van der Waals surface area contributed by atoms with Crippen molar-refractivity contribution in [3.05, 3.63) is 28.2 Å². The maximum atomic E-state index is 3.75. The summed E-state index contributed by atoms with van der Waals surface area (Å²) in [6.45, 7) is 12.3. The Labute approximate surface area is 139 Å². The number of anilines is 1. The van der Waals surface area contributed by atoms with Crippen molar-refractivity contribution < 1.29 is 0 Å². The van der Waals surface area contributed by atoms with Crippen molar-refractivity contribution in [3.63, 3.8) is 0 Å². The van der Waals surface area contributed by atoms with E-state index in [0.717, 1.165) is 12.5 Å². The molecule has 21 heavy (non-hydrogen) atoms. The molecular weight excluding hydrogens is 324 g/mol. The molecule has 0 radical (unpaired) electrons. The van der Waals surface area contributed by atoms with E-state index < -0.39 is 0 Å². The maximum absolute atomic E-state index is 3.75. The summed E-state index contributed by atoms with van der Waals surface area (Å²) in [5, 5.41) is 3.54. The van der Waals surface area contributed by atoms with Gasteiger partial charge in [-0.3, -0.25) is 0 Å². The van der Waals surface area contributed by atoms with Crippen molar-refractivity contribution in [2.75, 3.05) is 18.5 Å². The topological polar surface area (TPSA) is 15.3 Å². The maximum Gasteiger partial charge on any atom is 0.0510 e. The number of hydrogen-bond donors (Lipinski definition) is 1. The molecule has 0 bridgehead atoms. The number of rotatable bonds is 8. The Morgan fingerprint density at radius 1 is 1.19 bits per heavy atom. The molecule has 1 rings (SSSR count). The third kappa shape index (κ3) is 5.63. The lowest BCUT2D eigenvalue weighted by atomic mass is 10.0. The molecule has 0 saturated heterocycles. The Morgan fingerprint density at radius 3 is 2.38 bits per heavy atom. The van der Waals surface area contributed by atoms with Crippen molar-refractivity contribution in [2.45, 2.75) is 59.5 Å². The van der Waals surface area contributed by atoms with Gasteiger partial charge in [-0.15, -0.1) is 0 Å². The van der Waals surface area contributed by atoms with E-state index in [1.807, 2.05) is 0 Å². The van der Waals surface area contributed by atoms with Crippen molar-refractivity contribution in [3.8, 4) is 0 Å². The van der Waals surface area contributed by atoms with Crippen molar-refractivity contribution in [2.24, 2.45) is 5.92 Å². The van der Waals surface area contributed by atoms with Crippen molar-refractivity contribution >= 4 is 21.6 Å². The number of hydrogen-bond acceptors (Lipinski definition) is 2. The molecule has 2 nitrogen and oxygen atoms in total. The lowest BCUT2D eigenvalue weighted by molar-refractivity contribution is 0.503. The Bertz CT molecular complexity index is 431. The van der Waals surface area contributed by atoms with Gasteiger partial charge in [0.05, 0.1) is 5.69 Å². The van der Waals surface area contributed by atoms with E-state index in [9.17, 15) is 0 Å². The van der Waals surface area contributed by atoms with Gasteiger partial charge in [-0.05, 0) is 72.8 Å². The molecule has 0 amide bonds. The molecule has 0 aliphatic rings. The monoisotopic (exact) mass is 354 g/mol. The summed E-state index contributed by atoms with van der Waals surface area (Å²) >= 11 is 3.75. The van der Waals surface area contributed by atoms with Crippen LogP contribution in [0.5, 0.6) is 0 Å². The Morgan fingerprint density at radius 2 is 1.86 bits per heavy atom. The molecule has 0 heterocycles. The summed E-state index contributed by atoms with van der Waals surface area (Å²) in [5.74, 6) is 0.721. The first-order chi connectivity index (χ1) is 9.86. The molecule has 0 aromatic heterocycles. The zero-order chi connectivity index (χ0) is 16.0. The highest BCUT2D eigenvalue weighted by Crippen LogP contribution is 2.30. The number of benzene rings is 1. The summed E-state index contributed by atoms with van der Waals surface area (Å²) in [6, 6.07) is 7.67. The van der Waals surface area contributed by atoms with Gasteiger partial charge < -0.3 is 10.2 Å². The fourth-order valence-electron chi connectivity index (χ4n) is 2.63. The fourth-order valence-corrected chi connectivity index (χ4v) is 3.31. The second-order valence-electron chi connectivity index (χ2n) is 6.48. The van der Waals surface area contributed by atoms with Crippen LogP contribution in [0.2, 0.25) is 0 Å². The van der Waals surface area contributed by atoms with Crippen molar-refractivity contribution in [1.29, 1.82) is 0 Å². The summed E-state index contributed by atoms with van der Waals surface area (Å²) in [4.78, 5) is 2.37. The van der Waals surface area contributed by atoms with Gasteiger partial charge in [0, 0.05) is 23.6 Å². The van der Waals surface area contributed by atoms with Crippen LogP contribution in [0.1, 0.15) is 59.1 Å². The Kier molecular flexibility index (Phi) is 7.75. The second-order valence-corrected chi connectivity index (χ2v) is 7.33. The normalized spacial score (nSPS) is 14.3. The fraction of sp³-hybridized carbons (Fsp3) is 0.667. The molecule has 0 aliphatic carbocycles. The van der Waals surface area contributed by atoms with Crippen LogP contribution in [0.25, 0.3) is 0 Å². The van der Waals surface area contributed by atoms with E-state index in [-0.39, 0.29) is 0 Å². The minimum absolute atomic E-state index is 0.397. The first-order valence-corrected chi connectivity index (χ1v) is 8.91. The molecule has 0 spiro atoms. The van der Waals surface area contributed by atoms with Crippen LogP contribution < -0.4 is 10.2 Å². The standard InChI is InChI=1S/C18H31BrN2/c1-7-10-20-15(5)16-8-9-18(17(19)12-16)21(6)14(4)11-13(2)3/h8-9,12-15,20H,7,10-11H2,1-6H3. The first-order valence-electron chi connectivity index (χ1n) is 8.12. The molecule has 1 aromatic rings. The van der Waals surface area contributed by atoms with E-state index >= 15 is 0 Å². The first kappa shape index (κ1) is 18.5. The van der Waals surface area contributed by atoms with Crippen molar-refractivity contribution in [1.82, 2.24) is 5.32 Å². The molecular formula is C18H31BrN2. The summed E-state index contributed by atoms with van der Waals surface area (Å²) in [7, 11) is 2.19. The minimum Gasteiger partial charge on any atom is -0.371 e. The average molecular weight is 355 g/mol. The van der Waals surface area contributed by atoms with Crippen LogP contribution >= 0.6 is 15.9 Å². The predicted octanol–water partition coefficient (Wildman–Crippen LogP) is 5.38. The third-order valence-corrected chi connectivity index (χ3v) is 4.66. The van der Waals surface area contributed by atoms with Gasteiger partial charge in [0.15, 0.2) is 0 Å². The largest absolute Gasteiger partial charge is 0.371 e. The number of nitrogens with zero attached hydrogens (tertiary/aromatic N) is 1. The quantitative estimate of drug-likeness (QED) is 0.673. The van der Waals surface area contributed by atoms with E-state index in [0.29, 0.717) is 12.1 Å². The van der Waals surface area contributed by atoms with Gasteiger partial charge in [-0.1, -0.05) is 26.8 Å². The van der Waals surface area contributed by atoms with Gasteiger partial charge >= 0.3 is 0 Å². The van der Waals surface area contributed by atoms with Gasteiger partial charge in [-0.25, -0.2) is 0 Å². The van der Waals surface area contributed by atoms with Gasteiger partial charge in [0.1, 0.15) is 0 Å². The van der Waals surface area contributed by atoms with E-state index in [4.69, 9.17) is 0 Å².